The Hall–Kier alpha value is -0.130. The van der Waals surface area contributed by atoms with Gasteiger partial charge in [0, 0.05) is 0 Å². The van der Waals surface area contributed by atoms with Crippen LogP contribution in [0.3, 0.4) is 0 Å². The lowest BCUT2D eigenvalue weighted by Crippen LogP contribution is -2.33. The predicted octanol–water partition coefficient (Wildman–Crippen LogP) is 7.45. The average molecular weight is 435 g/mol. The highest BCUT2D eigenvalue weighted by Gasteiger charge is 2.29. The Morgan fingerprint density at radius 3 is 1.21 bits per heavy atom. The second-order valence-corrected chi connectivity index (χ2v) is 10.5. The monoisotopic (exact) mass is 434 g/mol. The van der Waals surface area contributed by atoms with E-state index in [0.717, 1.165) is 38.5 Å². The summed E-state index contributed by atoms with van der Waals surface area (Å²) in [6.07, 6.45) is 21.1. The van der Waals surface area contributed by atoms with Gasteiger partial charge in [-0.1, -0.05) is 129 Å². The minimum Gasteiger partial charge on any atom is -0.392 e. The van der Waals surface area contributed by atoms with E-state index < -0.39 is 21.5 Å². The van der Waals surface area contributed by atoms with Gasteiger partial charge in [-0.3, -0.25) is 4.55 Å². The van der Waals surface area contributed by atoms with Gasteiger partial charge in [0.25, 0.3) is 10.1 Å². The van der Waals surface area contributed by atoms with Gasteiger partial charge in [-0.2, -0.15) is 8.42 Å². The Labute approximate surface area is 182 Å². The lowest BCUT2D eigenvalue weighted by molar-refractivity contribution is 0.146. The number of aliphatic hydroxyl groups excluding tert-OH is 1. The lowest BCUT2D eigenvalue weighted by Gasteiger charge is -2.20. The molecule has 5 heteroatoms. The van der Waals surface area contributed by atoms with Crippen molar-refractivity contribution in [2.24, 2.45) is 0 Å². The van der Waals surface area contributed by atoms with Crippen LogP contribution in [0.15, 0.2) is 0 Å². The van der Waals surface area contributed by atoms with Crippen LogP contribution in [-0.4, -0.2) is 29.4 Å². The molecule has 0 aliphatic rings. The van der Waals surface area contributed by atoms with Crippen molar-refractivity contribution in [2.45, 2.75) is 154 Å². The molecule has 0 aliphatic carbocycles. The van der Waals surface area contributed by atoms with Gasteiger partial charge in [-0.25, -0.2) is 0 Å². The molecule has 0 saturated carbocycles. The summed E-state index contributed by atoms with van der Waals surface area (Å²) in [5.41, 5.74) is 0. The topological polar surface area (TPSA) is 74.6 Å². The summed E-state index contributed by atoms with van der Waals surface area (Å²) in [6, 6.07) is 0. The summed E-state index contributed by atoms with van der Waals surface area (Å²) in [6.45, 7) is 4.44. The molecule has 0 rings (SSSR count). The molecule has 0 amide bonds. The van der Waals surface area contributed by atoms with Crippen LogP contribution < -0.4 is 0 Å². The maximum Gasteiger partial charge on any atom is 0.270 e. The van der Waals surface area contributed by atoms with E-state index in [1.165, 1.54) is 77.0 Å². The fourth-order valence-corrected chi connectivity index (χ4v) is 5.04. The highest BCUT2D eigenvalue weighted by molar-refractivity contribution is 7.86. The molecule has 2 N–H and O–H groups in total. The summed E-state index contributed by atoms with van der Waals surface area (Å²) in [5.74, 6) is 0. The number of unbranched alkanes of at least 4 members (excludes halogenated alkanes) is 16. The molecule has 0 aliphatic heterocycles. The van der Waals surface area contributed by atoms with Crippen molar-refractivity contribution in [3.8, 4) is 0 Å². The molecule has 0 saturated heterocycles. The third-order valence-corrected chi connectivity index (χ3v) is 7.32. The molecule has 0 aromatic carbocycles. The van der Waals surface area contributed by atoms with Crippen LogP contribution in [-0.2, 0) is 10.1 Å². The van der Waals surface area contributed by atoms with Crippen molar-refractivity contribution < 1.29 is 18.1 Å². The van der Waals surface area contributed by atoms with Crippen molar-refractivity contribution in [1.82, 2.24) is 0 Å². The zero-order chi connectivity index (χ0) is 21.8. The summed E-state index contributed by atoms with van der Waals surface area (Å²) in [7, 11) is -4.18. The third-order valence-electron chi connectivity index (χ3n) is 6.01. The van der Waals surface area contributed by atoms with E-state index in [2.05, 4.69) is 13.8 Å². The molecule has 29 heavy (non-hydrogen) atoms. The van der Waals surface area contributed by atoms with Gasteiger partial charge < -0.3 is 5.11 Å². The van der Waals surface area contributed by atoms with Crippen molar-refractivity contribution in [3.63, 3.8) is 0 Å². The molecule has 0 heterocycles. The highest BCUT2D eigenvalue weighted by Crippen LogP contribution is 2.20. The second kappa shape index (κ2) is 19.8. The minimum atomic E-state index is -4.18. The molecule has 4 nitrogen and oxygen atoms in total. The van der Waals surface area contributed by atoms with E-state index in [0.29, 0.717) is 12.8 Å². The molecule has 2 unspecified atom stereocenters. The van der Waals surface area contributed by atoms with Crippen LogP contribution in [0.25, 0.3) is 0 Å². The molecule has 176 valence electrons. The van der Waals surface area contributed by atoms with E-state index in [1.807, 2.05) is 0 Å². The predicted molar refractivity (Wildman–Crippen MR) is 125 cm³/mol. The Bertz CT molecular complexity index is 436. The Kier molecular flexibility index (Phi) is 19.7. The van der Waals surface area contributed by atoms with Crippen molar-refractivity contribution >= 4 is 10.1 Å². The normalized spacial score (nSPS) is 14.2. The van der Waals surface area contributed by atoms with Gasteiger partial charge in [0.05, 0.1) is 6.10 Å². The first kappa shape index (κ1) is 28.9. The average Bonchev–Trinajstić information content (AvgIpc) is 2.67. The van der Waals surface area contributed by atoms with E-state index in [9.17, 15) is 18.1 Å². The van der Waals surface area contributed by atoms with Crippen LogP contribution in [0.2, 0.25) is 0 Å². The molecule has 0 aromatic heterocycles. The van der Waals surface area contributed by atoms with Gasteiger partial charge in [0.1, 0.15) is 5.25 Å². The molecular weight excluding hydrogens is 384 g/mol. The van der Waals surface area contributed by atoms with Crippen LogP contribution in [0, 0.1) is 0 Å². The molecule has 0 fully saturated rings. The van der Waals surface area contributed by atoms with E-state index in [4.69, 9.17) is 0 Å². The third kappa shape index (κ3) is 18.4. The molecular formula is C24H50O4S. The molecule has 0 bridgehead atoms. The largest absolute Gasteiger partial charge is 0.392 e. The lowest BCUT2D eigenvalue weighted by atomic mass is 10.0. The summed E-state index contributed by atoms with van der Waals surface area (Å²) >= 11 is 0. The summed E-state index contributed by atoms with van der Waals surface area (Å²) in [5, 5.41) is 9.32. The highest BCUT2D eigenvalue weighted by atomic mass is 32.2. The Morgan fingerprint density at radius 2 is 0.862 bits per heavy atom. The number of hydrogen-bond acceptors (Lipinski definition) is 3. The smallest absolute Gasteiger partial charge is 0.270 e. The maximum atomic E-state index is 11.7. The Morgan fingerprint density at radius 1 is 0.552 bits per heavy atom. The van der Waals surface area contributed by atoms with Gasteiger partial charge in [0.2, 0.25) is 0 Å². The first-order valence-electron chi connectivity index (χ1n) is 12.6. The zero-order valence-electron chi connectivity index (χ0n) is 19.4. The van der Waals surface area contributed by atoms with Crippen molar-refractivity contribution in [2.75, 3.05) is 0 Å². The molecule has 0 aromatic rings. The first-order valence-corrected chi connectivity index (χ1v) is 14.1. The summed E-state index contributed by atoms with van der Waals surface area (Å²) < 4.78 is 32.9. The van der Waals surface area contributed by atoms with Gasteiger partial charge in [-0.05, 0) is 12.8 Å². The van der Waals surface area contributed by atoms with E-state index >= 15 is 0 Å². The van der Waals surface area contributed by atoms with Gasteiger partial charge >= 0.3 is 0 Å². The molecule has 2 atom stereocenters. The van der Waals surface area contributed by atoms with E-state index in [-0.39, 0.29) is 0 Å². The molecule has 0 spiro atoms. The zero-order valence-corrected chi connectivity index (χ0v) is 20.2. The van der Waals surface area contributed by atoms with Crippen molar-refractivity contribution in [3.05, 3.63) is 0 Å². The number of hydrogen-bond donors (Lipinski definition) is 2. The number of aliphatic hydroxyl groups is 1. The van der Waals surface area contributed by atoms with Crippen LogP contribution >= 0.6 is 0 Å². The van der Waals surface area contributed by atoms with Gasteiger partial charge in [-0.15, -0.1) is 0 Å². The molecule has 0 radical (unpaired) electrons. The summed E-state index contributed by atoms with van der Waals surface area (Å²) in [4.78, 5) is 0. The Balaban J connectivity index is 3.84. The quantitative estimate of drug-likeness (QED) is 0.137. The van der Waals surface area contributed by atoms with Gasteiger partial charge in [0.15, 0.2) is 0 Å². The van der Waals surface area contributed by atoms with Crippen LogP contribution in [0.1, 0.15) is 142 Å². The first-order chi connectivity index (χ1) is 13.9. The second-order valence-electron chi connectivity index (χ2n) is 8.85. The minimum absolute atomic E-state index is 0.368. The van der Waals surface area contributed by atoms with E-state index in [1.54, 1.807) is 0 Å². The fourth-order valence-electron chi connectivity index (χ4n) is 4.05. The fraction of sp³-hybridized carbons (Fsp3) is 1.00. The van der Waals surface area contributed by atoms with Crippen LogP contribution in [0.4, 0.5) is 0 Å². The SMILES string of the molecule is CCCCCCCCCCCCC(O)C(CCCCCCCCCC)S(=O)(=O)O. The number of rotatable bonds is 22. The van der Waals surface area contributed by atoms with Crippen LogP contribution in [0.5, 0.6) is 0 Å². The maximum absolute atomic E-state index is 11.7. The standard InChI is InChI=1S/C24H50O4S/c1-3-5-7-9-11-13-14-15-17-19-21-23(25)24(29(26,27)28)22-20-18-16-12-10-8-6-4-2/h23-25H,3-22H2,1-2H3,(H,26,27,28). The van der Waals surface area contributed by atoms with Crippen molar-refractivity contribution in [1.29, 1.82) is 0 Å².